The Morgan fingerprint density at radius 3 is 3.00 bits per heavy atom. The largest absolute Gasteiger partial charge is 0.381 e. The lowest BCUT2D eigenvalue weighted by Crippen LogP contribution is -2.21. The van der Waals surface area contributed by atoms with Crippen molar-refractivity contribution in [1.29, 1.82) is 5.26 Å². The highest BCUT2D eigenvalue weighted by Crippen LogP contribution is 2.40. The number of nitrogens with one attached hydrogen (secondary N) is 1. The summed E-state index contributed by atoms with van der Waals surface area (Å²) in [6.07, 6.45) is 5.13. The van der Waals surface area contributed by atoms with E-state index < -0.39 is 0 Å². The van der Waals surface area contributed by atoms with E-state index in [0.29, 0.717) is 5.56 Å². The molecular formula is C18H21N7S. The maximum Gasteiger partial charge on any atom is 0.163 e. The fourth-order valence-electron chi connectivity index (χ4n) is 3.66. The van der Waals surface area contributed by atoms with Gasteiger partial charge in [-0.2, -0.15) is 10.4 Å². The molecule has 3 heterocycles. The number of nitrogens with zero attached hydrogens (tertiary/aromatic N) is 5. The van der Waals surface area contributed by atoms with Gasteiger partial charge in [0.15, 0.2) is 5.82 Å². The Balaban J connectivity index is 1.55. The van der Waals surface area contributed by atoms with Gasteiger partial charge in [-0.15, -0.1) is 11.3 Å². The number of aromatic amines is 1. The molecule has 0 fully saturated rings. The number of nitrogen functional groups attached to an aromatic ring is 1. The van der Waals surface area contributed by atoms with Gasteiger partial charge in [-0.3, -0.25) is 5.10 Å². The lowest BCUT2D eigenvalue weighted by molar-refractivity contribution is 0.759. The summed E-state index contributed by atoms with van der Waals surface area (Å²) < 4.78 is 0. The predicted molar refractivity (Wildman–Crippen MR) is 103 cm³/mol. The van der Waals surface area contributed by atoms with Gasteiger partial charge in [-0.25, -0.2) is 9.97 Å². The highest BCUT2D eigenvalue weighted by molar-refractivity contribution is 7.19. The number of rotatable bonds is 5. The Kier molecular flexibility index (Phi) is 4.24. The molecule has 134 valence electrons. The van der Waals surface area contributed by atoms with Crippen LogP contribution in [0.15, 0.2) is 0 Å². The zero-order valence-corrected chi connectivity index (χ0v) is 15.8. The van der Waals surface area contributed by atoms with Crippen molar-refractivity contribution in [3.63, 3.8) is 0 Å². The number of thiophene rings is 1. The molecule has 0 aliphatic heterocycles. The summed E-state index contributed by atoms with van der Waals surface area (Å²) >= 11 is 1.82. The molecule has 3 N–H and O–H groups in total. The van der Waals surface area contributed by atoms with Crippen LogP contribution in [0.2, 0.25) is 0 Å². The van der Waals surface area contributed by atoms with Crippen molar-refractivity contribution in [2.24, 2.45) is 0 Å². The third-order valence-corrected chi connectivity index (χ3v) is 6.11. The maximum absolute atomic E-state index is 9.17. The second kappa shape index (κ2) is 6.57. The minimum absolute atomic E-state index is 0.276. The van der Waals surface area contributed by atoms with Crippen LogP contribution in [0.1, 0.15) is 40.4 Å². The molecule has 0 amide bonds. The van der Waals surface area contributed by atoms with Crippen LogP contribution in [-0.2, 0) is 19.3 Å². The number of aromatic nitrogens is 4. The van der Waals surface area contributed by atoms with E-state index in [1.165, 1.54) is 22.2 Å². The second-order valence-electron chi connectivity index (χ2n) is 6.73. The standard InChI is InChI=1S/C18H21N7S/c1-10-21-17(15-11-5-3-7-14(11)26-18(15)22-10)25(2)8-4-6-13-12(9-19)16(20)24-23-13/h3-8H2,1-2H3,(H3,20,23,24). The van der Waals surface area contributed by atoms with E-state index in [0.717, 1.165) is 54.4 Å². The van der Waals surface area contributed by atoms with Crippen molar-refractivity contribution >= 4 is 33.2 Å². The summed E-state index contributed by atoms with van der Waals surface area (Å²) in [5.74, 6) is 2.11. The van der Waals surface area contributed by atoms with Crippen LogP contribution in [0.5, 0.6) is 0 Å². The van der Waals surface area contributed by atoms with Gasteiger partial charge in [0.2, 0.25) is 0 Å². The van der Waals surface area contributed by atoms with Gasteiger partial charge in [0.25, 0.3) is 0 Å². The van der Waals surface area contributed by atoms with Crippen LogP contribution >= 0.6 is 11.3 Å². The molecule has 3 aromatic rings. The maximum atomic E-state index is 9.17. The van der Waals surface area contributed by atoms with Gasteiger partial charge in [-0.1, -0.05) is 0 Å². The number of aryl methyl sites for hydroxylation is 4. The van der Waals surface area contributed by atoms with Crippen molar-refractivity contribution in [1.82, 2.24) is 20.2 Å². The first-order chi connectivity index (χ1) is 12.6. The molecule has 0 unspecified atom stereocenters. The molecule has 0 bridgehead atoms. The minimum atomic E-state index is 0.276. The summed E-state index contributed by atoms with van der Waals surface area (Å²) in [6.45, 7) is 2.79. The van der Waals surface area contributed by atoms with Crippen molar-refractivity contribution in [3.05, 3.63) is 27.5 Å². The van der Waals surface area contributed by atoms with Gasteiger partial charge in [0, 0.05) is 18.5 Å². The molecule has 0 aromatic carbocycles. The van der Waals surface area contributed by atoms with E-state index in [4.69, 9.17) is 10.7 Å². The fraction of sp³-hybridized carbons (Fsp3) is 0.444. The number of H-pyrrole nitrogens is 1. The molecule has 8 heteroatoms. The first kappa shape index (κ1) is 16.8. The lowest BCUT2D eigenvalue weighted by atomic mass is 10.1. The molecule has 26 heavy (non-hydrogen) atoms. The molecule has 0 atom stereocenters. The third-order valence-electron chi connectivity index (χ3n) is 4.92. The minimum Gasteiger partial charge on any atom is -0.381 e. The van der Waals surface area contributed by atoms with Crippen LogP contribution in [0, 0.1) is 18.3 Å². The number of fused-ring (bicyclic) bond motifs is 3. The number of nitrogens with two attached hydrogens (primary N) is 1. The SMILES string of the molecule is Cc1nc(N(C)CCCc2[nH]nc(N)c2C#N)c2c3c(sc2n1)CCC3. The molecule has 1 aliphatic carbocycles. The Hall–Kier alpha value is -2.66. The first-order valence-corrected chi connectivity index (χ1v) is 9.63. The van der Waals surface area contributed by atoms with Gasteiger partial charge >= 0.3 is 0 Å². The van der Waals surface area contributed by atoms with Gasteiger partial charge in [-0.05, 0) is 44.6 Å². The predicted octanol–water partition coefficient (Wildman–Crippen LogP) is 2.73. The molecular weight excluding hydrogens is 346 g/mol. The van der Waals surface area contributed by atoms with Crippen LogP contribution < -0.4 is 10.6 Å². The molecule has 0 radical (unpaired) electrons. The van der Waals surface area contributed by atoms with E-state index in [2.05, 4.69) is 33.2 Å². The Labute approximate surface area is 155 Å². The van der Waals surface area contributed by atoms with Crippen molar-refractivity contribution in [2.75, 3.05) is 24.2 Å². The molecule has 0 spiro atoms. The Bertz CT molecular complexity index is 1010. The Morgan fingerprint density at radius 1 is 1.35 bits per heavy atom. The molecule has 1 aliphatic rings. The van der Waals surface area contributed by atoms with Crippen molar-refractivity contribution in [2.45, 2.75) is 39.0 Å². The van der Waals surface area contributed by atoms with Crippen LogP contribution in [0.4, 0.5) is 11.6 Å². The summed E-state index contributed by atoms with van der Waals surface area (Å²) in [5, 5.41) is 17.2. The molecule has 3 aromatic heterocycles. The lowest BCUT2D eigenvalue weighted by Gasteiger charge is -2.20. The first-order valence-electron chi connectivity index (χ1n) is 8.81. The number of hydrogen-bond acceptors (Lipinski definition) is 7. The highest BCUT2D eigenvalue weighted by Gasteiger charge is 2.23. The topological polar surface area (TPSA) is 108 Å². The monoisotopic (exact) mass is 367 g/mol. The quantitative estimate of drug-likeness (QED) is 0.718. The molecule has 7 nitrogen and oxygen atoms in total. The summed E-state index contributed by atoms with van der Waals surface area (Å²) in [5.41, 5.74) is 8.41. The highest BCUT2D eigenvalue weighted by atomic mass is 32.1. The van der Waals surface area contributed by atoms with E-state index >= 15 is 0 Å². The normalized spacial score (nSPS) is 13.1. The second-order valence-corrected chi connectivity index (χ2v) is 7.81. The zero-order chi connectivity index (χ0) is 18.3. The van der Waals surface area contributed by atoms with Gasteiger partial charge in [0.05, 0.1) is 11.1 Å². The summed E-state index contributed by atoms with van der Waals surface area (Å²) in [4.78, 5) is 14.2. The van der Waals surface area contributed by atoms with E-state index in [-0.39, 0.29) is 5.82 Å². The average molecular weight is 367 g/mol. The van der Waals surface area contributed by atoms with E-state index in [1.54, 1.807) is 0 Å². The molecule has 0 saturated heterocycles. The third kappa shape index (κ3) is 2.78. The van der Waals surface area contributed by atoms with Crippen molar-refractivity contribution in [3.8, 4) is 6.07 Å². The summed E-state index contributed by atoms with van der Waals surface area (Å²) in [6, 6.07) is 2.12. The summed E-state index contributed by atoms with van der Waals surface area (Å²) in [7, 11) is 2.08. The van der Waals surface area contributed by atoms with Crippen LogP contribution in [0.25, 0.3) is 10.2 Å². The molecule has 0 saturated carbocycles. The fourth-order valence-corrected chi connectivity index (χ4v) is 4.96. The van der Waals surface area contributed by atoms with Gasteiger partial charge in [0.1, 0.15) is 28.1 Å². The zero-order valence-electron chi connectivity index (χ0n) is 15.0. The Morgan fingerprint density at radius 2 is 2.19 bits per heavy atom. The van der Waals surface area contributed by atoms with E-state index in [1.807, 2.05) is 18.3 Å². The van der Waals surface area contributed by atoms with Crippen LogP contribution in [0.3, 0.4) is 0 Å². The van der Waals surface area contributed by atoms with E-state index in [9.17, 15) is 5.26 Å². The van der Waals surface area contributed by atoms with Gasteiger partial charge < -0.3 is 10.6 Å². The number of hydrogen-bond donors (Lipinski definition) is 2. The number of nitriles is 1. The number of anilines is 2. The van der Waals surface area contributed by atoms with Crippen molar-refractivity contribution < 1.29 is 0 Å². The molecule has 4 rings (SSSR count). The smallest absolute Gasteiger partial charge is 0.163 e. The average Bonchev–Trinajstić information content (AvgIpc) is 3.28. The van der Waals surface area contributed by atoms with Crippen LogP contribution in [-0.4, -0.2) is 33.8 Å².